The van der Waals surface area contributed by atoms with Gasteiger partial charge in [0.2, 0.25) is 0 Å². The number of hydrogen-bond acceptors (Lipinski definition) is 1. The van der Waals surface area contributed by atoms with Crippen molar-refractivity contribution in [2.75, 3.05) is 0 Å². The van der Waals surface area contributed by atoms with Crippen LogP contribution < -0.4 is 0 Å². The molecule has 0 saturated heterocycles. The summed E-state index contributed by atoms with van der Waals surface area (Å²) in [5.41, 5.74) is 4.11. The molecule has 1 nitrogen and oxygen atoms in total. The minimum atomic E-state index is -0.0748. The largest absolute Gasteiger partial charge is 0.393 e. The third kappa shape index (κ3) is 3.50. The zero-order valence-electron chi connectivity index (χ0n) is 19.7. The van der Waals surface area contributed by atoms with Gasteiger partial charge >= 0.3 is 0 Å². The van der Waals surface area contributed by atoms with Gasteiger partial charge in [-0.1, -0.05) is 65.8 Å². The summed E-state index contributed by atoms with van der Waals surface area (Å²) in [4.78, 5) is 0. The number of fused-ring (bicyclic) bond motifs is 5. The molecule has 0 bridgehead atoms. The van der Waals surface area contributed by atoms with Crippen molar-refractivity contribution in [2.45, 2.75) is 92.6 Å². The summed E-state index contributed by atoms with van der Waals surface area (Å²) < 4.78 is 0. The van der Waals surface area contributed by atoms with Gasteiger partial charge in [0, 0.05) is 0 Å². The Bertz CT molecular complexity index is 712. The van der Waals surface area contributed by atoms with Gasteiger partial charge in [0.1, 0.15) is 0 Å². The summed E-state index contributed by atoms with van der Waals surface area (Å²) in [7, 11) is 0. The first-order valence-electron chi connectivity index (χ1n) is 12.4. The molecule has 0 aromatic rings. The summed E-state index contributed by atoms with van der Waals surface area (Å²) in [5.74, 6) is 4.23. The Kier molecular flexibility index (Phi) is 5.69. The second-order valence-corrected chi connectivity index (χ2v) is 11.8. The molecule has 4 rings (SSSR count). The summed E-state index contributed by atoms with van der Waals surface area (Å²) in [6.07, 6.45) is 18.5. The van der Waals surface area contributed by atoms with Crippen LogP contribution in [0.1, 0.15) is 86.5 Å². The SMILES string of the molecule is CC(C)[C@@H](C)/C=C/[C@H](C)[C@H]1CC[C@@H]2C3=CC[C@H]4C[C@@H](O)CC[C@]4(C)C3=CC[C@@]21C. The van der Waals surface area contributed by atoms with Crippen molar-refractivity contribution in [2.24, 2.45) is 46.3 Å². The molecule has 1 heteroatoms. The van der Waals surface area contributed by atoms with Crippen LogP contribution in [0, 0.1) is 46.3 Å². The predicted octanol–water partition coefficient (Wildman–Crippen LogP) is 7.33. The number of rotatable bonds is 4. The first kappa shape index (κ1) is 21.4. The molecular formula is C28H44O. The summed E-state index contributed by atoms with van der Waals surface area (Å²) >= 11 is 0. The Hall–Kier alpha value is -0.820. The van der Waals surface area contributed by atoms with Gasteiger partial charge in [-0.25, -0.2) is 0 Å². The van der Waals surface area contributed by atoms with Crippen LogP contribution in [0.5, 0.6) is 0 Å². The van der Waals surface area contributed by atoms with Gasteiger partial charge in [-0.3, -0.25) is 0 Å². The fourth-order valence-corrected chi connectivity index (χ4v) is 7.44. The lowest BCUT2D eigenvalue weighted by molar-refractivity contribution is 0.0316. The van der Waals surface area contributed by atoms with Crippen LogP contribution in [0.25, 0.3) is 0 Å². The van der Waals surface area contributed by atoms with Gasteiger partial charge in [0.15, 0.2) is 0 Å². The first-order valence-corrected chi connectivity index (χ1v) is 12.4. The van der Waals surface area contributed by atoms with E-state index in [4.69, 9.17) is 0 Å². The summed E-state index contributed by atoms with van der Waals surface area (Å²) in [5, 5.41) is 10.2. The van der Waals surface area contributed by atoms with Crippen molar-refractivity contribution in [3.63, 3.8) is 0 Å². The maximum atomic E-state index is 10.2. The number of aliphatic hydroxyl groups is 1. The zero-order valence-corrected chi connectivity index (χ0v) is 19.7. The second-order valence-electron chi connectivity index (χ2n) is 11.8. The highest BCUT2D eigenvalue weighted by Crippen LogP contribution is 2.64. The van der Waals surface area contributed by atoms with Crippen molar-refractivity contribution < 1.29 is 5.11 Å². The van der Waals surface area contributed by atoms with Crippen LogP contribution in [-0.2, 0) is 0 Å². The fourth-order valence-electron chi connectivity index (χ4n) is 7.44. The third-order valence-electron chi connectivity index (χ3n) is 9.94. The van der Waals surface area contributed by atoms with E-state index < -0.39 is 0 Å². The van der Waals surface area contributed by atoms with E-state index in [0.29, 0.717) is 28.6 Å². The molecule has 0 heterocycles. The molecule has 8 atom stereocenters. The van der Waals surface area contributed by atoms with Crippen molar-refractivity contribution >= 4 is 0 Å². The average molecular weight is 397 g/mol. The van der Waals surface area contributed by atoms with Crippen LogP contribution in [0.3, 0.4) is 0 Å². The lowest BCUT2D eigenvalue weighted by Crippen LogP contribution is -2.44. The molecule has 0 amide bonds. The molecule has 4 aliphatic carbocycles. The van der Waals surface area contributed by atoms with Crippen LogP contribution in [0.4, 0.5) is 0 Å². The molecule has 0 spiro atoms. The fraction of sp³-hybridized carbons (Fsp3) is 0.786. The number of aliphatic hydroxyl groups excluding tert-OH is 1. The molecular weight excluding hydrogens is 352 g/mol. The van der Waals surface area contributed by atoms with Crippen molar-refractivity contribution in [3.05, 3.63) is 35.5 Å². The van der Waals surface area contributed by atoms with E-state index in [0.717, 1.165) is 30.6 Å². The van der Waals surface area contributed by atoms with Crippen LogP contribution >= 0.6 is 0 Å². The monoisotopic (exact) mass is 396 g/mol. The lowest BCUT2D eigenvalue weighted by atomic mass is 9.51. The predicted molar refractivity (Wildman–Crippen MR) is 123 cm³/mol. The maximum Gasteiger partial charge on any atom is 0.0543 e. The quantitative estimate of drug-likeness (QED) is 0.493. The Morgan fingerprint density at radius 1 is 1.03 bits per heavy atom. The first-order chi connectivity index (χ1) is 13.7. The minimum Gasteiger partial charge on any atom is -0.393 e. The molecule has 29 heavy (non-hydrogen) atoms. The Morgan fingerprint density at radius 2 is 1.79 bits per heavy atom. The normalized spacial score (nSPS) is 44.0. The van der Waals surface area contributed by atoms with Gasteiger partial charge in [-0.05, 0) is 102 Å². The molecule has 162 valence electrons. The molecule has 4 aliphatic rings. The standard InChI is InChI=1S/C28H44O/c1-18(2)19(3)7-8-20(4)24-11-12-25-23-10-9-21-17-22(29)13-15-27(21,5)26(23)14-16-28(24,25)6/h7-8,10,14,18-22,24-25,29H,9,11-13,15-17H2,1-6H3/b8-7+/t19-,20-,21-,22-,24+,25+,27-,28+/m0/s1. The molecule has 1 N–H and O–H groups in total. The van der Waals surface area contributed by atoms with Gasteiger partial charge < -0.3 is 5.11 Å². The topological polar surface area (TPSA) is 20.2 Å². The van der Waals surface area contributed by atoms with Crippen LogP contribution in [0.2, 0.25) is 0 Å². The number of allylic oxidation sites excluding steroid dienone is 6. The summed E-state index contributed by atoms with van der Waals surface area (Å²) in [6.45, 7) is 14.6. The highest BCUT2D eigenvalue weighted by atomic mass is 16.3. The van der Waals surface area contributed by atoms with E-state index in [1.165, 1.54) is 32.1 Å². The minimum absolute atomic E-state index is 0.0748. The third-order valence-corrected chi connectivity index (χ3v) is 9.94. The highest BCUT2D eigenvalue weighted by Gasteiger charge is 2.55. The molecule has 0 aliphatic heterocycles. The maximum absolute atomic E-state index is 10.2. The van der Waals surface area contributed by atoms with Crippen LogP contribution in [0.15, 0.2) is 35.5 Å². The molecule has 0 aromatic carbocycles. The Morgan fingerprint density at radius 3 is 2.52 bits per heavy atom. The van der Waals surface area contributed by atoms with Gasteiger partial charge in [0.05, 0.1) is 6.10 Å². The molecule has 0 radical (unpaired) electrons. The second kappa shape index (κ2) is 7.70. The average Bonchev–Trinajstić information content (AvgIpc) is 3.03. The molecule has 2 fully saturated rings. The zero-order chi connectivity index (χ0) is 21.0. The smallest absolute Gasteiger partial charge is 0.0543 e. The van der Waals surface area contributed by atoms with Gasteiger partial charge in [-0.2, -0.15) is 0 Å². The van der Waals surface area contributed by atoms with Gasteiger partial charge in [-0.15, -0.1) is 0 Å². The molecule has 2 saturated carbocycles. The molecule has 0 aromatic heterocycles. The summed E-state index contributed by atoms with van der Waals surface area (Å²) in [6, 6.07) is 0. The van der Waals surface area contributed by atoms with Crippen LogP contribution in [-0.4, -0.2) is 11.2 Å². The van der Waals surface area contributed by atoms with Crippen molar-refractivity contribution in [1.29, 1.82) is 0 Å². The van der Waals surface area contributed by atoms with Crippen molar-refractivity contribution in [3.8, 4) is 0 Å². The van der Waals surface area contributed by atoms with E-state index in [2.05, 4.69) is 65.8 Å². The highest BCUT2D eigenvalue weighted by molar-refractivity contribution is 5.46. The number of hydrogen-bond donors (Lipinski definition) is 1. The van der Waals surface area contributed by atoms with E-state index in [1.54, 1.807) is 11.1 Å². The van der Waals surface area contributed by atoms with E-state index in [-0.39, 0.29) is 6.10 Å². The van der Waals surface area contributed by atoms with E-state index >= 15 is 0 Å². The lowest BCUT2D eigenvalue weighted by Gasteiger charge is -2.53. The van der Waals surface area contributed by atoms with Crippen molar-refractivity contribution in [1.82, 2.24) is 0 Å². The van der Waals surface area contributed by atoms with E-state index in [9.17, 15) is 5.11 Å². The Balaban J connectivity index is 1.58. The molecule has 0 unspecified atom stereocenters. The van der Waals surface area contributed by atoms with E-state index in [1.807, 2.05) is 0 Å². The van der Waals surface area contributed by atoms with Gasteiger partial charge in [0.25, 0.3) is 0 Å². The Labute approximate surface area is 179 Å².